The van der Waals surface area contributed by atoms with E-state index < -0.39 is 92.5 Å². The number of carboxylic acid groups (broad SMARTS) is 1. The Hall–Kier alpha value is -5.32. The highest BCUT2D eigenvalue weighted by molar-refractivity contribution is 8.03. The van der Waals surface area contributed by atoms with Gasteiger partial charge in [0.15, 0.2) is 0 Å². The lowest BCUT2D eigenvalue weighted by Crippen LogP contribution is -2.63. The van der Waals surface area contributed by atoms with Crippen LogP contribution in [0.25, 0.3) is 0 Å². The number of aliphatic carboxylic acids is 1. The zero-order chi connectivity index (χ0) is 38.9. The van der Waals surface area contributed by atoms with Crippen molar-refractivity contribution >= 4 is 57.4 Å². The van der Waals surface area contributed by atoms with Crippen LogP contribution in [-0.4, -0.2) is 103 Å². The molecule has 53 heavy (non-hydrogen) atoms. The monoisotopic (exact) mass is 778 g/mol. The molecule has 0 spiro atoms. The second kappa shape index (κ2) is 15.3. The van der Waals surface area contributed by atoms with Gasteiger partial charge in [-0.25, -0.2) is 19.5 Å². The molecule has 2 aromatic rings. The van der Waals surface area contributed by atoms with E-state index in [-0.39, 0.29) is 40.9 Å². The second-order valence-electron chi connectivity index (χ2n) is 12.6. The third-order valence-corrected chi connectivity index (χ3v) is 11.5. The molecular weight excluding hydrogens is 745 g/mol. The number of aliphatic hydroxyl groups excluding tert-OH is 1. The first-order chi connectivity index (χ1) is 24.9. The Kier molecular flexibility index (Phi) is 11.3. The highest BCUT2D eigenvalue weighted by Gasteiger charge is 2.60. The minimum Gasteiger partial charge on any atom is -0.477 e. The fraction of sp³-hybridized carbons (Fsp3) is 0.419. The summed E-state index contributed by atoms with van der Waals surface area (Å²) < 4.78 is 36.2. The van der Waals surface area contributed by atoms with Crippen molar-refractivity contribution in [1.82, 2.24) is 14.1 Å². The number of nitro benzene ring substituents is 2. The number of benzene rings is 2. The van der Waals surface area contributed by atoms with Gasteiger partial charge in [0.25, 0.3) is 11.4 Å². The van der Waals surface area contributed by atoms with Gasteiger partial charge in [-0.1, -0.05) is 6.92 Å². The number of nitrogens with two attached hydrogens (primary N) is 1. The molecule has 2 saturated heterocycles. The van der Waals surface area contributed by atoms with Gasteiger partial charge in [-0.15, -0.1) is 11.8 Å². The number of carbonyl (C=O) groups excluding carboxylic acids is 3. The lowest BCUT2D eigenvalue weighted by molar-refractivity contribution is -0.385. The van der Waals surface area contributed by atoms with E-state index in [0.717, 1.165) is 33.7 Å². The Morgan fingerprint density at radius 2 is 1.55 bits per heavy atom. The number of carbonyl (C=O) groups is 4. The Morgan fingerprint density at radius 1 is 1.02 bits per heavy atom. The Labute approximate surface area is 305 Å². The summed E-state index contributed by atoms with van der Waals surface area (Å²) in [5.41, 5.74) is 0.0142. The number of hydrogen-bond donors (Lipinski definition) is 3. The molecule has 0 bridgehead atoms. The van der Waals surface area contributed by atoms with Crippen LogP contribution in [0.1, 0.15) is 31.4 Å². The van der Waals surface area contributed by atoms with E-state index in [1.807, 2.05) is 0 Å². The molecule has 2 fully saturated rings. The van der Waals surface area contributed by atoms with Gasteiger partial charge in [0.1, 0.15) is 18.9 Å². The van der Waals surface area contributed by atoms with E-state index in [1.54, 1.807) is 6.92 Å². The third-order valence-electron chi connectivity index (χ3n) is 9.12. The number of rotatable bonds is 13. The fourth-order valence-corrected chi connectivity index (χ4v) is 8.76. The summed E-state index contributed by atoms with van der Waals surface area (Å²) in [5, 5.41) is 47.0. The fourth-order valence-electron chi connectivity index (χ4n) is 6.56. The predicted octanol–water partition coefficient (Wildman–Crippen LogP) is 2.31. The molecule has 2 aromatic carbocycles. The zero-order valence-corrected chi connectivity index (χ0v) is 29.7. The number of ether oxygens (including phenoxy) is 2. The van der Waals surface area contributed by atoms with E-state index in [4.69, 9.17) is 14.6 Å². The topological polar surface area (TPSA) is 283 Å². The molecule has 3 aliphatic heterocycles. The van der Waals surface area contributed by atoms with Crippen LogP contribution in [-0.2, 0) is 42.5 Å². The molecule has 20 nitrogen and oxygen atoms in total. The van der Waals surface area contributed by atoms with Crippen LogP contribution in [0.4, 0.5) is 21.0 Å². The summed E-state index contributed by atoms with van der Waals surface area (Å²) in [6, 6.07) is 8.42. The highest BCUT2D eigenvalue weighted by atomic mass is 32.2. The van der Waals surface area contributed by atoms with Gasteiger partial charge in [-0.05, 0) is 48.7 Å². The number of likely N-dealkylation sites (tertiary alicyclic amines) is 1. The van der Waals surface area contributed by atoms with Crippen LogP contribution >= 0.6 is 11.8 Å². The van der Waals surface area contributed by atoms with E-state index >= 15 is 0 Å². The molecule has 3 amide bonds. The van der Waals surface area contributed by atoms with Crippen LogP contribution in [0.15, 0.2) is 59.1 Å². The molecule has 3 heterocycles. The quantitative estimate of drug-likeness (QED) is 0.149. The minimum atomic E-state index is -4.81. The number of thioether (sulfide) groups is 1. The van der Waals surface area contributed by atoms with Gasteiger partial charge in [0.2, 0.25) is 5.91 Å². The molecule has 284 valence electrons. The van der Waals surface area contributed by atoms with E-state index in [1.165, 1.54) is 43.3 Å². The van der Waals surface area contributed by atoms with E-state index in [9.17, 15) is 58.0 Å². The smallest absolute Gasteiger partial charge is 0.424 e. The third kappa shape index (κ3) is 8.19. The molecule has 0 unspecified atom stereocenters. The van der Waals surface area contributed by atoms with Gasteiger partial charge in [0.05, 0.1) is 40.5 Å². The molecule has 0 saturated carbocycles. The number of nitro groups is 2. The molecule has 3 aliphatic rings. The normalized spacial score (nSPS) is 22.9. The molecule has 22 heteroatoms. The summed E-state index contributed by atoms with van der Waals surface area (Å²) in [4.78, 5) is 75.2. The van der Waals surface area contributed by atoms with Gasteiger partial charge < -0.3 is 29.5 Å². The number of β-lactam (4-membered cyclic amide) rings is 1. The predicted molar refractivity (Wildman–Crippen MR) is 182 cm³/mol. The van der Waals surface area contributed by atoms with E-state index in [0.29, 0.717) is 16.0 Å². The largest absolute Gasteiger partial charge is 0.477 e. The number of non-ortho nitro benzene ring substituents is 2. The van der Waals surface area contributed by atoms with Crippen molar-refractivity contribution in [3.63, 3.8) is 0 Å². The Morgan fingerprint density at radius 3 is 2.02 bits per heavy atom. The average Bonchev–Trinajstić information content (AvgIpc) is 3.60. The van der Waals surface area contributed by atoms with Crippen LogP contribution < -0.4 is 5.14 Å². The Balaban J connectivity index is 1.37. The highest BCUT2D eigenvalue weighted by Crippen LogP contribution is 2.52. The van der Waals surface area contributed by atoms with Crippen LogP contribution in [0, 0.1) is 32.1 Å². The zero-order valence-electron chi connectivity index (χ0n) is 28.0. The average molecular weight is 779 g/mol. The number of carboxylic acids is 1. The van der Waals surface area contributed by atoms with Crippen LogP contribution in [0.2, 0.25) is 0 Å². The summed E-state index contributed by atoms with van der Waals surface area (Å²) in [6.07, 6.45) is -3.41. The van der Waals surface area contributed by atoms with Crippen molar-refractivity contribution in [3.8, 4) is 0 Å². The number of amides is 3. The number of nitrogens with zero attached hydrogens (tertiary/aromatic N) is 5. The second-order valence-corrected chi connectivity index (χ2v) is 15.4. The first-order valence-electron chi connectivity index (χ1n) is 15.9. The van der Waals surface area contributed by atoms with Crippen LogP contribution in [0.5, 0.6) is 0 Å². The number of hydrogen-bond acceptors (Lipinski definition) is 14. The van der Waals surface area contributed by atoms with Crippen molar-refractivity contribution in [3.05, 3.63) is 90.5 Å². The van der Waals surface area contributed by atoms with Crippen LogP contribution in [0.3, 0.4) is 0 Å². The van der Waals surface area contributed by atoms with Gasteiger partial charge in [0, 0.05) is 46.9 Å². The minimum absolute atomic E-state index is 0.0134. The van der Waals surface area contributed by atoms with Crippen molar-refractivity contribution in [2.45, 2.75) is 56.9 Å². The van der Waals surface area contributed by atoms with Gasteiger partial charge in [-0.3, -0.25) is 25.0 Å². The maximum atomic E-state index is 13.5. The first-order valence-corrected chi connectivity index (χ1v) is 18.3. The SMILES string of the molecule is C[C@@H](O)[C@H]1C(=O)N2C(C(=O)O)=C(S[C@H]3C[C@@H](CN(C(=O)OCc4ccc([N+](=O)[O-])cc4)S(N)(=O)=O)N(C(=O)OCc4ccc([N+](=O)[O-])cc4)C3)[C@H](C)[C@H]12. The lowest BCUT2D eigenvalue weighted by atomic mass is 9.79. The van der Waals surface area contributed by atoms with Crippen molar-refractivity contribution in [1.29, 1.82) is 0 Å². The summed E-state index contributed by atoms with van der Waals surface area (Å²) in [6.45, 7) is 1.49. The maximum Gasteiger partial charge on any atom is 0.424 e. The Bertz CT molecular complexity index is 1960. The summed E-state index contributed by atoms with van der Waals surface area (Å²) in [7, 11) is -4.81. The maximum absolute atomic E-state index is 13.5. The molecular formula is C31H34N6O14S2. The van der Waals surface area contributed by atoms with Crippen molar-refractivity contribution < 1.29 is 57.1 Å². The van der Waals surface area contributed by atoms with Gasteiger partial charge in [-0.2, -0.15) is 12.7 Å². The van der Waals surface area contributed by atoms with Crippen molar-refractivity contribution in [2.24, 2.45) is 17.0 Å². The summed E-state index contributed by atoms with van der Waals surface area (Å²) >= 11 is 1.07. The molecule has 0 radical (unpaired) electrons. The molecule has 0 aliphatic carbocycles. The molecule has 5 rings (SSSR count). The van der Waals surface area contributed by atoms with Crippen molar-refractivity contribution in [2.75, 3.05) is 13.1 Å². The standard InChI is InChI=1S/C31H34N6O14S2/c1-16-25-24(17(2)38)28(39)35(25)26(29(40)41)27(16)52-23-11-22(33(13-23)30(42)50-14-18-3-7-20(8-4-18)36(44)45)12-34(53(32,48)49)31(43)51-15-19-5-9-21(10-6-19)37(46)47/h3-10,16-17,22-25,38H,11-15H2,1-2H3,(H,40,41)(H2,32,48,49)/t16-,17-,22+,23+,24-,25-/m1/s1. The first kappa shape index (κ1) is 38.9. The van der Waals surface area contributed by atoms with E-state index in [2.05, 4.69) is 0 Å². The number of aliphatic hydroxyl groups is 1. The van der Waals surface area contributed by atoms with Gasteiger partial charge >= 0.3 is 28.4 Å². The molecule has 6 atom stereocenters. The summed E-state index contributed by atoms with van der Waals surface area (Å²) in [5.74, 6) is -3.24. The lowest BCUT2D eigenvalue weighted by Gasteiger charge is -2.46. The number of fused-ring (bicyclic) bond motifs is 1. The molecule has 4 N–H and O–H groups in total. The molecule has 0 aromatic heterocycles.